The van der Waals surface area contributed by atoms with Gasteiger partial charge in [-0.05, 0) is 18.9 Å². The van der Waals surface area contributed by atoms with Crippen LogP contribution in [-0.2, 0) is 14.9 Å². The molecule has 0 fully saturated rings. The Morgan fingerprint density at radius 2 is 2.13 bits per heavy atom. The highest BCUT2D eigenvalue weighted by Gasteiger charge is 2.22. The normalized spacial score (nSPS) is 15.4. The van der Waals surface area contributed by atoms with Crippen molar-refractivity contribution in [2.75, 3.05) is 5.75 Å². The minimum absolute atomic E-state index is 0.302. The Labute approximate surface area is 90.3 Å². The molecular weight excluding hydrogens is 218 g/mol. The van der Waals surface area contributed by atoms with Crippen molar-refractivity contribution in [1.29, 1.82) is 0 Å². The van der Waals surface area contributed by atoms with E-state index < -0.39 is 10.1 Å². The summed E-state index contributed by atoms with van der Waals surface area (Å²) in [5, 5.41) is 2.57. The average molecular weight is 235 g/mol. The molecule has 2 unspecified atom stereocenters. The zero-order chi connectivity index (χ0) is 12.1. The maximum atomic E-state index is 11.0. The van der Waals surface area contributed by atoms with Gasteiger partial charge in [0.2, 0.25) is 5.91 Å². The van der Waals surface area contributed by atoms with Crippen molar-refractivity contribution in [2.24, 2.45) is 5.92 Å². The highest BCUT2D eigenvalue weighted by atomic mass is 32.2. The summed E-state index contributed by atoms with van der Waals surface area (Å²) in [6.07, 6.45) is 1.68. The van der Waals surface area contributed by atoms with Crippen LogP contribution in [0.1, 0.15) is 20.3 Å². The molecule has 0 aliphatic carbocycles. The lowest BCUT2D eigenvalue weighted by atomic mass is 10.0. The predicted octanol–water partition coefficient (Wildman–Crippen LogP) is 0.591. The Kier molecular flexibility index (Phi) is 5.53. The molecule has 5 nitrogen and oxygen atoms in total. The lowest BCUT2D eigenvalue weighted by Gasteiger charge is -2.21. The molecule has 0 aliphatic heterocycles. The van der Waals surface area contributed by atoms with Gasteiger partial charge < -0.3 is 5.32 Å². The van der Waals surface area contributed by atoms with Crippen LogP contribution < -0.4 is 5.32 Å². The fraction of sp³-hybridized carbons (Fsp3) is 0.667. The maximum absolute atomic E-state index is 11.0. The van der Waals surface area contributed by atoms with E-state index in [9.17, 15) is 13.2 Å². The molecule has 0 radical (unpaired) electrons. The molecule has 2 atom stereocenters. The first-order chi connectivity index (χ1) is 6.80. The van der Waals surface area contributed by atoms with E-state index in [1.54, 1.807) is 13.8 Å². The van der Waals surface area contributed by atoms with E-state index >= 15 is 0 Å². The van der Waals surface area contributed by atoms with Crippen LogP contribution in [0.5, 0.6) is 0 Å². The van der Waals surface area contributed by atoms with Crippen LogP contribution in [0.25, 0.3) is 0 Å². The van der Waals surface area contributed by atoms with Crippen LogP contribution in [0.3, 0.4) is 0 Å². The SMILES string of the molecule is C=CC(=O)NC(C)C(CC)CS(=O)(=O)O. The molecule has 0 saturated heterocycles. The summed E-state index contributed by atoms with van der Waals surface area (Å²) >= 11 is 0. The topological polar surface area (TPSA) is 83.5 Å². The quantitative estimate of drug-likeness (QED) is 0.521. The zero-order valence-electron chi connectivity index (χ0n) is 8.93. The van der Waals surface area contributed by atoms with Gasteiger partial charge in [0.1, 0.15) is 0 Å². The fourth-order valence-electron chi connectivity index (χ4n) is 1.29. The molecule has 0 aromatic carbocycles. The van der Waals surface area contributed by atoms with Crippen LogP contribution >= 0.6 is 0 Å². The molecule has 15 heavy (non-hydrogen) atoms. The first kappa shape index (κ1) is 14.1. The van der Waals surface area contributed by atoms with E-state index in [1.165, 1.54) is 0 Å². The average Bonchev–Trinajstić information content (AvgIpc) is 2.12. The smallest absolute Gasteiger partial charge is 0.265 e. The lowest BCUT2D eigenvalue weighted by Crippen LogP contribution is -2.39. The van der Waals surface area contributed by atoms with Gasteiger partial charge >= 0.3 is 0 Å². The van der Waals surface area contributed by atoms with E-state index in [-0.39, 0.29) is 23.6 Å². The molecule has 0 spiro atoms. The molecule has 0 saturated carbocycles. The number of carbonyl (C=O) groups is 1. The van der Waals surface area contributed by atoms with Gasteiger partial charge in [-0.3, -0.25) is 9.35 Å². The van der Waals surface area contributed by atoms with E-state index in [4.69, 9.17) is 4.55 Å². The van der Waals surface area contributed by atoms with Gasteiger partial charge in [0.25, 0.3) is 10.1 Å². The third kappa shape index (κ3) is 6.24. The minimum Gasteiger partial charge on any atom is -0.350 e. The van der Waals surface area contributed by atoms with E-state index in [0.717, 1.165) is 6.08 Å². The summed E-state index contributed by atoms with van der Waals surface area (Å²) in [4.78, 5) is 11.0. The predicted molar refractivity (Wildman–Crippen MR) is 58.0 cm³/mol. The summed E-state index contributed by atoms with van der Waals surface area (Å²) in [6.45, 7) is 6.79. The van der Waals surface area contributed by atoms with Crippen LogP contribution in [0.4, 0.5) is 0 Å². The Hall–Kier alpha value is -0.880. The summed E-state index contributed by atoms with van der Waals surface area (Å²) in [7, 11) is -4.00. The number of amides is 1. The van der Waals surface area contributed by atoms with Crippen LogP contribution in [0, 0.1) is 5.92 Å². The molecule has 0 heterocycles. The van der Waals surface area contributed by atoms with Gasteiger partial charge in [-0.25, -0.2) is 0 Å². The molecule has 88 valence electrons. The second kappa shape index (κ2) is 5.87. The number of rotatable bonds is 6. The number of hydrogen-bond acceptors (Lipinski definition) is 3. The maximum Gasteiger partial charge on any atom is 0.265 e. The second-order valence-electron chi connectivity index (χ2n) is 3.42. The summed E-state index contributed by atoms with van der Waals surface area (Å²) in [5.41, 5.74) is 0. The molecule has 0 aromatic heterocycles. The Morgan fingerprint density at radius 3 is 2.47 bits per heavy atom. The molecule has 0 bridgehead atoms. The van der Waals surface area contributed by atoms with Crippen molar-refractivity contribution in [3.05, 3.63) is 12.7 Å². The largest absolute Gasteiger partial charge is 0.350 e. The van der Waals surface area contributed by atoms with E-state index in [0.29, 0.717) is 6.42 Å². The standard InChI is InChI=1S/C9H17NO4S/c1-4-8(6-15(12,13)14)7(3)10-9(11)5-2/h5,7-8H,2,4,6H2,1,3H3,(H,10,11)(H,12,13,14). The minimum atomic E-state index is -4.00. The number of nitrogens with one attached hydrogen (secondary N) is 1. The van der Waals surface area contributed by atoms with Gasteiger partial charge in [0.05, 0.1) is 5.75 Å². The molecular formula is C9H17NO4S. The van der Waals surface area contributed by atoms with Gasteiger partial charge in [-0.15, -0.1) is 0 Å². The highest BCUT2D eigenvalue weighted by molar-refractivity contribution is 7.85. The van der Waals surface area contributed by atoms with Crippen molar-refractivity contribution in [3.63, 3.8) is 0 Å². The number of hydrogen-bond donors (Lipinski definition) is 2. The van der Waals surface area contributed by atoms with Crippen molar-refractivity contribution < 1.29 is 17.8 Å². The monoisotopic (exact) mass is 235 g/mol. The third-order valence-electron chi connectivity index (χ3n) is 2.21. The molecule has 0 rings (SSSR count). The fourth-order valence-corrected chi connectivity index (χ4v) is 2.35. The molecule has 0 aromatic rings. The Morgan fingerprint density at radius 1 is 1.60 bits per heavy atom. The van der Waals surface area contributed by atoms with Crippen molar-refractivity contribution in [2.45, 2.75) is 26.3 Å². The van der Waals surface area contributed by atoms with Gasteiger partial charge in [0.15, 0.2) is 0 Å². The Balaban J connectivity index is 4.41. The van der Waals surface area contributed by atoms with Crippen molar-refractivity contribution >= 4 is 16.0 Å². The first-order valence-corrected chi connectivity index (χ1v) is 6.29. The van der Waals surface area contributed by atoms with Gasteiger partial charge in [-0.2, -0.15) is 8.42 Å². The van der Waals surface area contributed by atoms with Crippen molar-refractivity contribution in [3.8, 4) is 0 Å². The Bertz CT molecular complexity index is 323. The van der Waals surface area contributed by atoms with Crippen LogP contribution in [-0.4, -0.2) is 30.7 Å². The lowest BCUT2D eigenvalue weighted by molar-refractivity contribution is -0.117. The van der Waals surface area contributed by atoms with Crippen molar-refractivity contribution in [1.82, 2.24) is 5.32 Å². The molecule has 1 amide bonds. The highest BCUT2D eigenvalue weighted by Crippen LogP contribution is 2.11. The zero-order valence-corrected chi connectivity index (χ0v) is 9.75. The summed E-state index contributed by atoms with van der Waals surface area (Å²) in [5.74, 6) is -0.998. The van der Waals surface area contributed by atoms with Gasteiger partial charge in [0, 0.05) is 6.04 Å². The number of carbonyl (C=O) groups excluding carboxylic acids is 1. The third-order valence-corrected chi connectivity index (χ3v) is 3.06. The summed E-state index contributed by atoms with van der Waals surface area (Å²) in [6, 6.07) is -0.317. The molecule has 2 N–H and O–H groups in total. The van der Waals surface area contributed by atoms with E-state index in [2.05, 4.69) is 11.9 Å². The van der Waals surface area contributed by atoms with Crippen LogP contribution in [0.15, 0.2) is 12.7 Å². The van der Waals surface area contributed by atoms with E-state index in [1.807, 2.05) is 0 Å². The molecule has 0 aliphatic rings. The van der Waals surface area contributed by atoms with Crippen LogP contribution in [0.2, 0.25) is 0 Å². The molecule has 6 heteroatoms. The summed E-state index contributed by atoms with van der Waals surface area (Å²) < 4.78 is 30.1. The first-order valence-electron chi connectivity index (χ1n) is 4.68. The van der Waals surface area contributed by atoms with Gasteiger partial charge in [-0.1, -0.05) is 19.9 Å². The second-order valence-corrected chi connectivity index (χ2v) is 4.92.